The van der Waals surface area contributed by atoms with Gasteiger partial charge in [-0.2, -0.15) is 0 Å². The first-order valence-electron chi connectivity index (χ1n) is 10.3. The summed E-state index contributed by atoms with van der Waals surface area (Å²) in [7, 11) is 1.59. The number of rotatable bonds is 6. The van der Waals surface area contributed by atoms with Gasteiger partial charge in [-0.15, -0.1) is 0 Å². The van der Waals surface area contributed by atoms with Gasteiger partial charge >= 0.3 is 0 Å². The highest BCUT2D eigenvalue weighted by atomic mass is 35.5. The number of aromatic nitrogens is 1. The second-order valence-corrected chi connectivity index (χ2v) is 8.22. The summed E-state index contributed by atoms with van der Waals surface area (Å²) in [5.41, 5.74) is 1.64. The van der Waals surface area contributed by atoms with Crippen LogP contribution in [-0.2, 0) is 0 Å². The number of para-hydroxylation sites is 1. The number of hydrogen-bond acceptors (Lipinski definition) is 4. The van der Waals surface area contributed by atoms with E-state index in [2.05, 4.69) is 10.3 Å². The van der Waals surface area contributed by atoms with E-state index in [1.54, 1.807) is 19.2 Å². The minimum Gasteiger partial charge on any atom is -0.492 e. The standard InChI is InChI=1S/C24H22Cl2FN3O2/c1-31-23-18(7-4-8-21(23)32-17-5-2-3-6-17)24(29-16-11-9-15(27)10-12-16)30-22-19(25)13-28-14-20(22)26/h4,7-14,17H,2-3,5-6H2,1H3,(H,28,29,30). The summed E-state index contributed by atoms with van der Waals surface area (Å²) in [6.45, 7) is 0. The van der Waals surface area contributed by atoms with Crippen LogP contribution in [0.4, 0.5) is 15.8 Å². The molecule has 0 saturated heterocycles. The van der Waals surface area contributed by atoms with E-state index in [0.29, 0.717) is 44.3 Å². The molecule has 1 heterocycles. The summed E-state index contributed by atoms with van der Waals surface area (Å²) in [5, 5.41) is 3.83. The maximum atomic E-state index is 13.4. The molecule has 1 aromatic heterocycles. The fourth-order valence-electron chi connectivity index (χ4n) is 3.64. The van der Waals surface area contributed by atoms with E-state index in [0.717, 1.165) is 25.7 Å². The summed E-state index contributed by atoms with van der Waals surface area (Å²) < 4.78 is 25.4. The molecule has 1 aliphatic carbocycles. The fourth-order valence-corrected chi connectivity index (χ4v) is 4.09. The van der Waals surface area contributed by atoms with Crippen molar-refractivity contribution < 1.29 is 13.9 Å². The van der Waals surface area contributed by atoms with Crippen LogP contribution >= 0.6 is 23.2 Å². The van der Waals surface area contributed by atoms with Crippen LogP contribution in [0, 0.1) is 5.82 Å². The zero-order valence-electron chi connectivity index (χ0n) is 17.4. The summed E-state index contributed by atoms with van der Waals surface area (Å²) in [4.78, 5) is 8.68. The van der Waals surface area contributed by atoms with Crippen molar-refractivity contribution in [2.45, 2.75) is 31.8 Å². The van der Waals surface area contributed by atoms with Gasteiger partial charge < -0.3 is 14.8 Å². The lowest BCUT2D eigenvalue weighted by molar-refractivity contribution is 0.200. The van der Waals surface area contributed by atoms with Crippen LogP contribution in [0.1, 0.15) is 31.2 Å². The van der Waals surface area contributed by atoms with Crippen molar-refractivity contribution >= 4 is 40.4 Å². The number of ether oxygens (including phenoxy) is 2. The molecule has 1 fully saturated rings. The lowest BCUT2D eigenvalue weighted by atomic mass is 10.1. The number of benzene rings is 2. The Labute approximate surface area is 196 Å². The Hall–Kier alpha value is -2.83. The Morgan fingerprint density at radius 1 is 1.06 bits per heavy atom. The minimum absolute atomic E-state index is 0.161. The molecule has 0 spiro atoms. The number of pyridine rings is 1. The van der Waals surface area contributed by atoms with Gasteiger partial charge in [0.2, 0.25) is 0 Å². The van der Waals surface area contributed by atoms with E-state index in [9.17, 15) is 4.39 Å². The van der Waals surface area contributed by atoms with Crippen LogP contribution in [0.3, 0.4) is 0 Å². The molecule has 2 aromatic carbocycles. The van der Waals surface area contributed by atoms with E-state index in [4.69, 9.17) is 37.7 Å². The van der Waals surface area contributed by atoms with Gasteiger partial charge in [0.25, 0.3) is 0 Å². The summed E-state index contributed by atoms with van der Waals surface area (Å²) in [6, 6.07) is 11.6. The minimum atomic E-state index is -0.334. The average molecular weight is 474 g/mol. The average Bonchev–Trinajstić information content (AvgIpc) is 3.30. The van der Waals surface area contributed by atoms with Crippen molar-refractivity contribution in [2.24, 2.45) is 4.99 Å². The van der Waals surface area contributed by atoms with Crippen LogP contribution in [-0.4, -0.2) is 24.0 Å². The van der Waals surface area contributed by atoms with Gasteiger partial charge in [-0.3, -0.25) is 4.98 Å². The normalized spacial score (nSPS) is 14.4. The molecule has 1 aliphatic rings. The van der Waals surface area contributed by atoms with Crippen LogP contribution < -0.4 is 14.8 Å². The molecule has 4 rings (SSSR count). The molecule has 0 radical (unpaired) electrons. The number of nitrogens with zero attached hydrogens (tertiary/aromatic N) is 2. The van der Waals surface area contributed by atoms with Gasteiger partial charge in [0.05, 0.1) is 28.8 Å². The highest BCUT2D eigenvalue weighted by Gasteiger charge is 2.22. The number of anilines is 1. The Bertz CT molecular complexity index is 1100. The van der Waals surface area contributed by atoms with E-state index in [1.165, 1.54) is 24.5 Å². The van der Waals surface area contributed by atoms with Gasteiger partial charge in [-0.05, 0) is 62.1 Å². The monoisotopic (exact) mass is 473 g/mol. The van der Waals surface area contributed by atoms with Crippen molar-refractivity contribution in [3.05, 3.63) is 76.3 Å². The first-order chi connectivity index (χ1) is 15.5. The third kappa shape index (κ3) is 5.14. The molecule has 3 aromatic rings. The van der Waals surface area contributed by atoms with Crippen molar-refractivity contribution in [1.29, 1.82) is 0 Å². The van der Waals surface area contributed by atoms with E-state index in [1.807, 2.05) is 18.2 Å². The van der Waals surface area contributed by atoms with Crippen LogP contribution in [0.25, 0.3) is 0 Å². The third-order valence-corrected chi connectivity index (χ3v) is 5.75. The Kier molecular flexibility index (Phi) is 7.12. The largest absolute Gasteiger partial charge is 0.492 e. The summed E-state index contributed by atoms with van der Waals surface area (Å²) >= 11 is 12.6. The molecule has 1 saturated carbocycles. The quantitative estimate of drug-likeness (QED) is 0.307. The molecule has 8 heteroatoms. The number of methoxy groups -OCH3 is 1. The Morgan fingerprint density at radius 3 is 2.41 bits per heavy atom. The molecule has 0 aliphatic heterocycles. The van der Waals surface area contributed by atoms with Crippen molar-refractivity contribution in [3.8, 4) is 11.5 Å². The van der Waals surface area contributed by atoms with E-state index < -0.39 is 0 Å². The second kappa shape index (κ2) is 10.2. The van der Waals surface area contributed by atoms with Gasteiger partial charge in [-0.1, -0.05) is 29.3 Å². The molecule has 1 N–H and O–H groups in total. The highest BCUT2D eigenvalue weighted by molar-refractivity contribution is 6.38. The summed E-state index contributed by atoms with van der Waals surface area (Å²) in [5.74, 6) is 1.26. The molecule has 0 amide bonds. The lowest BCUT2D eigenvalue weighted by Crippen LogP contribution is -2.17. The third-order valence-electron chi connectivity index (χ3n) is 5.19. The molecule has 0 atom stereocenters. The van der Waals surface area contributed by atoms with Gasteiger partial charge in [-0.25, -0.2) is 9.38 Å². The molecular weight excluding hydrogens is 452 g/mol. The number of nitrogens with one attached hydrogen (secondary N) is 1. The van der Waals surface area contributed by atoms with Gasteiger partial charge in [0, 0.05) is 18.1 Å². The fraction of sp³-hybridized carbons (Fsp3) is 0.250. The first-order valence-corrected chi connectivity index (χ1v) is 11.0. The second-order valence-electron chi connectivity index (χ2n) is 7.41. The van der Waals surface area contributed by atoms with Gasteiger partial charge in [0.15, 0.2) is 11.5 Å². The maximum Gasteiger partial charge on any atom is 0.171 e. The maximum absolute atomic E-state index is 13.4. The van der Waals surface area contributed by atoms with Crippen LogP contribution in [0.2, 0.25) is 10.0 Å². The molecule has 166 valence electrons. The number of halogens is 3. The van der Waals surface area contributed by atoms with E-state index >= 15 is 0 Å². The van der Waals surface area contributed by atoms with Crippen molar-refractivity contribution in [2.75, 3.05) is 12.4 Å². The molecule has 5 nitrogen and oxygen atoms in total. The number of amidine groups is 1. The Balaban J connectivity index is 1.80. The SMILES string of the molecule is COc1c(OC2CCCC2)cccc1C(=Nc1c(Cl)cncc1Cl)Nc1ccc(F)cc1. The zero-order chi connectivity index (χ0) is 22.5. The molecule has 0 unspecified atom stereocenters. The van der Waals surface area contributed by atoms with Crippen molar-refractivity contribution in [3.63, 3.8) is 0 Å². The lowest BCUT2D eigenvalue weighted by Gasteiger charge is -2.19. The molecule has 32 heavy (non-hydrogen) atoms. The zero-order valence-corrected chi connectivity index (χ0v) is 19.0. The summed E-state index contributed by atoms with van der Waals surface area (Å²) in [6.07, 6.45) is 7.45. The first kappa shape index (κ1) is 22.4. The smallest absolute Gasteiger partial charge is 0.171 e. The van der Waals surface area contributed by atoms with Crippen LogP contribution in [0.15, 0.2) is 59.9 Å². The van der Waals surface area contributed by atoms with Crippen LogP contribution in [0.5, 0.6) is 11.5 Å². The number of hydrogen-bond donors (Lipinski definition) is 1. The highest BCUT2D eigenvalue weighted by Crippen LogP contribution is 2.37. The topological polar surface area (TPSA) is 55.7 Å². The van der Waals surface area contributed by atoms with Gasteiger partial charge in [0.1, 0.15) is 17.3 Å². The molecule has 0 bridgehead atoms. The predicted molar refractivity (Wildman–Crippen MR) is 126 cm³/mol. The number of aliphatic imine (C=N–C) groups is 1. The molecular formula is C24H22Cl2FN3O2. The van der Waals surface area contributed by atoms with E-state index in [-0.39, 0.29) is 11.9 Å². The van der Waals surface area contributed by atoms with Crippen molar-refractivity contribution in [1.82, 2.24) is 4.98 Å². The predicted octanol–water partition coefficient (Wildman–Crippen LogP) is 7.05. The Morgan fingerprint density at radius 2 is 1.75 bits per heavy atom.